The average molecular weight is 445 g/mol. The van der Waals surface area contributed by atoms with Gasteiger partial charge in [0.1, 0.15) is 5.75 Å². The Morgan fingerprint density at radius 1 is 1.23 bits per heavy atom. The zero-order chi connectivity index (χ0) is 22.9. The molecule has 0 radical (unpaired) electrons. The van der Waals surface area contributed by atoms with E-state index in [9.17, 15) is 18.3 Å². The summed E-state index contributed by atoms with van der Waals surface area (Å²) in [5, 5.41) is 16.5. The first-order valence-electron chi connectivity index (χ1n) is 10.9. The highest BCUT2D eigenvalue weighted by atomic mass is 19.4. The number of piperidine rings is 1. The fourth-order valence-corrected chi connectivity index (χ4v) is 3.64. The van der Waals surface area contributed by atoms with Crippen LogP contribution in [0, 0.1) is 5.92 Å². The van der Waals surface area contributed by atoms with Crippen molar-refractivity contribution in [1.82, 2.24) is 15.5 Å². The molecule has 0 aliphatic carbocycles. The average Bonchev–Trinajstić information content (AvgIpc) is 2.71. The van der Waals surface area contributed by atoms with E-state index in [2.05, 4.69) is 39.1 Å². The van der Waals surface area contributed by atoms with Gasteiger partial charge in [-0.05, 0) is 57.7 Å². The Balaban J connectivity index is 1.89. The van der Waals surface area contributed by atoms with Crippen molar-refractivity contribution in [2.24, 2.45) is 10.9 Å². The van der Waals surface area contributed by atoms with Crippen LogP contribution in [0.5, 0.6) is 5.75 Å². The number of ether oxygens (including phenoxy) is 1. The minimum Gasteiger partial charge on any atom is -0.406 e. The molecule has 1 atom stereocenters. The second kappa shape index (κ2) is 12.1. The maximum Gasteiger partial charge on any atom is 0.573 e. The molecule has 1 aliphatic rings. The van der Waals surface area contributed by atoms with Crippen molar-refractivity contribution < 1.29 is 23.0 Å². The van der Waals surface area contributed by atoms with Crippen molar-refractivity contribution in [1.29, 1.82) is 0 Å². The van der Waals surface area contributed by atoms with Crippen LogP contribution in [-0.4, -0.2) is 67.2 Å². The number of alkyl halides is 3. The monoisotopic (exact) mass is 444 g/mol. The van der Waals surface area contributed by atoms with Crippen LogP contribution in [0.3, 0.4) is 0 Å². The molecule has 2 rings (SSSR count). The van der Waals surface area contributed by atoms with E-state index in [1.807, 2.05) is 6.92 Å². The highest BCUT2D eigenvalue weighted by molar-refractivity contribution is 5.80. The van der Waals surface area contributed by atoms with E-state index >= 15 is 0 Å². The van der Waals surface area contributed by atoms with E-state index in [0.717, 1.165) is 44.0 Å². The number of aliphatic imine (C=N–C) groups is 1. The molecule has 1 saturated heterocycles. The normalized spacial score (nSPS) is 17.6. The second-order valence-corrected chi connectivity index (χ2v) is 8.21. The molecule has 0 bridgehead atoms. The molecule has 176 valence electrons. The van der Waals surface area contributed by atoms with E-state index in [-0.39, 0.29) is 18.3 Å². The Kier molecular flexibility index (Phi) is 9.90. The van der Waals surface area contributed by atoms with Crippen molar-refractivity contribution in [2.75, 3.05) is 32.8 Å². The lowest BCUT2D eigenvalue weighted by Crippen LogP contribution is -2.50. The van der Waals surface area contributed by atoms with Crippen LogP contribution in [0.2, 0.25) is 0 Å². The van der Waals surface area contributed by atoms with Gasteiger partial charge in [-0.1, -0.05) is 12.1 Å². The highest BCUT2D eigenvalue weighted by Gasteiger charge is 2.31. The van der Waals surface area contributed by atoms with Gasteiger partial charge in [-0.2, -0.15) is 0 Å². The van der Waals surface area contributed by atoms with Crippen molar-refractivity contribution in [3.05, 3.63) is 29.8 Å². The molecule has 1 fully saturated rings. The van der Waals surface area contributed by atoms with Gasteiger partial charge in [-0.3, -0.25) is 4.99 Å². The lowest BCUT2D eigenvalue weighted by Gasteiger charge is -2.35. The number of nitrogens with one attached hydrogen (secondary N) is 2. The Morgan fingerprint density at radius 3 is 2.39 bits per heavy atom. The van der Waals surface area contributed by atoms with Gasteiger partial charge < -0.3 is 25.4 Å². The predicted octanol–water partition coefficient (Wildman–Crippen LogP) is 3.16. The molecule has 0 spiro atoms. The Labute approximate surface area is 182 Å². The maximum atomic E-state index is 12.3. The van der Waals surface area contributed by atoms with Gasteiger partial charge in [0.15, 0.2) is 5.96 Å². The molecule has 1 unspecified atom stereocenters. The first-order valence-corrected chi connectivity index (χ1v) is 10.9. The number of hydrogen-bond donors (Lipinski definition) is 3. The third-order valence-corrected chi connectivity index (χ3v) is 5.39. The molecule has 0 saturated carbocycles. The molecule has 9 heteroatoms. The summed E-state index contributed by atoms with van der Waals surface area (Å²) in [6.07, 6.45) is -2.08. The Bertz CT molecular complexity index is 672. The standard InChI is InChI=1S/C22H35F3N4O2/c1-4-26-21(28-19-9-11-29(12-10-19)16(2)3)27-14-18(15-30)13-17-5-7-20(8-6-17)31-22(23,24)25/h5-8,16,18-19,30H,4,9-15H2,1-3H3,(H2,26,27,28). The van der Waals surface area contributed by atoms with Crippen LogP contribution in [0.4, 0.5) is 13.2 Å². The van der Waals surface area contributed by atoms with Gasteiger partial charge in [-0.15, -0.1) is 13.2 Å². The summed E-state index contributed by atoms with van der Waals surface area (Å²) >= 11 is 0. The van der Waals surface area contributed by atoms with Crippen LogP contribution >= 0.6 is 0 Å². The number of aliphatic hydroxyl groups excluding tert-OH is 1. The summed E-state index contributed by atoms with van der Waals surface area (Å²) in [5.74, 6) is 0.350. The quantitative estimate of drug-likeness (QED) is 0.403. The van der Waals surface area contributed by atoms with Gasteiger partial charge in [-0.25, -0.2) is 0 Å². The molecule has 1 aliphatic heterocycles. The zero-order valence-electron chi connectivity index (χ0n) is 18.6. The van der Waals surface area contributed by atoms with Crippen LogP contribution < -0.4 is 15.4 Å². The number of likely N-dealkylation sites (tertiary alicyclic amines) is 1. The summed E-state index contributed by atoms with van der Waals surface area (Å²) in [4.78, 5) is 7.11. The summed E-state index contributed by atoms with van der Waals surface area (Å²) in [5.41, 5.74) is 0.822. The molecular formula is C22H35F3N4O2. The van der Waals surface area contributed by atoms with Gasteiger partial charge in [0.25, 0.3) is 0 Å². The van der Waals surface area contributed by atoms with Gasteiger partial charge in [0.2, 0.25) is 0 Å². The lowest BCUT2D eigenvalue weighted by molar-refractivity contribution is -0.274. The summed E-state index contributed by atoms with van der Waals surface area (Å²) in [6.45, 7) is 9.64. The first-order chi connectivity index (χ1) is 14.7. The van der Waals surface area contributed by atoms with Crippen molar-refractivity contribution in [3.63, 3.8) is 0 Å². The zero-order valence-corrected chi connectivity index (χ0v) is 18.6. The Morgan fingerprint density at radius 2 is 1.87 bits per heavy atom. The van der Waals surface area contributed by atoms with E-state index in [4.69, 9.17) is 0 Å². The molecule has 1 heterocycles. The van der Waals surface area contributed by atoms with Gasteiger partial charge >= 0.3 is 6.36 Å². The topological polar surface area (TPSA) is 69.1 Å². The number of nitrogens with zero attached hydrogens (tertiary/aromatic N) is 2. The van der Waals surface area contributed by atoms with E-state index in [0.29, 0.717) is 25.0 Å². The van der Waals surface area contributed by atoms with Gasteiger partial charge in [0, 0.05) is 50.8 Å². The molecule has 0 aromatic heterocycles. The molecule has 31 heavy (non-hydrogen) atoms. The van der Waals surface area contributed by atoms with E-state index < -0.39 is 6.36 Å². The number of guanidine groups is 1. The SMILES string of the molecule is CCNC(=NCC(CO)Cc1ccc(OC(F)(F)F)cc1)NC1CCN(C(C)C)CC1. The number of benzene rings is 1. The summed E-state index contributed by atoms with van der Waals surface area (Å²) in [6, 6.07) is 6.66. The Hall–Kier alpha value is -2.00. The summed E-state index contributed by atoms with van der Waals surface area (Å²) in [7, 11) is 0. The molecule has 3 N–H and O–H groups in total. The van der Waals surface area contributed by atoms with Gasteiger partial charge in [0.05, 0.1) is 0 Å². The second-order valence-electron chi connectivity index (χ2n) is 8.21. The van der Waals surface area contributed by atoms with Crippen molar-refractivity contribution in [3.8, 4) is 5.75 Å². The largest absolute Gasteiger partial charge is 0.573 e. The van der Waals surface area contributed by atoms with Crippen LogP contribution in [0.25, 0.3) is 0 Å². The number of halogens is 3. The van der Waals surface area contributed by atoms with E-state index in [1.165, 1.54) is 12.1 Å². The predicted molar refractivity (Wildman–Crippen MR) is 116 cm³/mol. The van der Waals surface area contributed by atoms with Crippen LogP contribution in [0.1, 0.15) is 39.2 Å². The maximum absolute atomic E-state index is 12.3. The third-order valence-electron chi connectivity index (χ3n) is 5.39. The molecule has 1 aromatic rings. The summed E-state index contributed by atoms with van der Waals surface area (Å²) < 4.78 is 40.7. The van der Waals surface area contributed by atoms with Crippen molar-refractivity contribution >= 4 is 5.96 Å². The van der Waals surface area contributed by atoms with Crippen LogP contribution in [-0.2, 0) is 6.42 Å². The van der Waals surface area contributed by atoms with Crippen molar-refractivity contribution in [2.45, 2.75) is 58.5 Å². The molecular weight excluding hydrogens is 409 g/mol. The minimum atomic E-state index is -4.70. The van der Waals surface area contributed by atoms with E-state index in [1.54, 1.807) is 12.1 Å². The number of aliphatic hydroxyl groups is 1. The first kappa shape index (κ1) is 25.3. The smallest absolute Gasteiger partial charge is 0.406 e. The minimum absolute atomic E-state index is 0.0590. The molecule has 1 aromatic carbocycles. The highest BCUT2D eigenvalue weighted by Crippen LogP contribution is 2.23. The lowest BCUT2D eigenvalue weighted by atomic mass is 10.00. The fraction of sp³-hybridized carbons (Fsp3) is 0.682. The number of hydrogen-bond acceptors (Lipinski definition) is 4. The molecule has 0 amide bonds. The fourth-order valence-electron chi connectivity index (χ4n) is 3.64. The third kappa shape index (κ3) is 9.35. The number of rotatable bonds is 9. The molecule has 6 nitrogen and oxygen atoms in total. The van der Waals surface area contributed by atoms with Crippen LogP contribution in [0.15, 0.2) is 29.3 Å².